The zero-order chi connectivity index (χ0) is 18.9. The maximum atomic E-state index is 13.7. The first-order chi connectivity index (χ1) is 12.2. The van der Waals surface area contributed by atoms with Gasteiger partial charge in [0.2, 0.25) is 0 Å². The summed E-state index contributed by atoms with van der Waals surface area (Å²) in [5, 5.41) is 0. The molecule has 2 bridgehead atoms. The summed E-state index contributed by atoms with van der Waals surface area (Å²) in [5.74, 6) is 0.0695. The van der Waals surface area contributed by atoms with Crippen LogP contribution in [0.3, 0.4) is 0 Å². The van der Waals surface area contributed by atoms with Crippen LogP contribution < -0.4 is 21.2 Å². The molecule has 26 heavy (non-hydrogen) atoms. The third-order valence-electron chi connectivity index (χ3n) is 4.74. The van der Waals surface area contributed by atoms with Gasteiger partial charge in [0.15, 0.2) is 0 Å². The van der Waals surface area contributed by atoms with Gasteiger partial charge in [0.05, 0.1) is 0 Å². The summed E-state index contributed by atoms with van der Waals surface area (Å²) in [7, 11) is 0. The molecule has 2 saturated heterocycles. The molecule has 1 aromatic carbocycles. The van der Waals surface area contributed by atoms with Crippen LogP contribution in [-0.2, 0) is 16.0 Å². The van der Waals surface area contributed by atoms with Gasteiger partial charge in [-0.15, -0.1) is 0 Å². The van der Waals surface area contributed by atoms with Gasteiger partial charge in [-0.1, -0.05) is 0 Å². The van der Waals surface area contributed by atoms with E-state index in [0.717, 1.165) is 17.3 Å². The molecule has 3 rings (SSSR count). The van der Waals surface area contributed by atoms with Crippen molar-refractivity contribution in [2.45, 2.75) is 62.1 Å². The van der Waals surface area contributed by atoms with Crippen LogP contribution in [0.5, 0.6) is 0 Å². The Hall–Kier alpha value is -1.18. The Kier molecular flexibility index (Phi) is 5.89. The Labute approximate surface area is 164 Å². The summed E-state index contributed by atoms with van der Waals surface area (Å²) in [6.45, 7) is 5.65. The van der Waals surface area contributed by atoms with Crippen LogP contribution in [0.4, 0.5) is 9.18 Å². The number of hydrogen-bond acceptors (Lipinski definition) is 3. The Morgan fingerprint density at radius 1 is 1.27 bits per heavy atom. The number of benzene rings is 1. The van der Waals surface area contributed by atoms with E-state index < -0.39 is 5.60 Å². The minimum absolute atomic E-state index is 0.0718. The zero-order valence-corrected chi connectivity index (χ0v) is 17.7. The Balaban J connectivity index is 1.56. The first-order valence-electron chi connectivity index (χ1n) is 9.07. The van der Waals surface area contributed by atoms with Crippen molar-refractivity contribution in [1.82, 2.24) is 4.90 Å². The van der Waals surface area contributed by atoms with Crippen LogP contribution in [-0.4, -0.2) is 36.9 Å². The topological polar surface area (TPSA) is 46.6 Å². The fraction of sp³-hybridized carbons (Fsp3) is 0.600. The third-order valence-corrected chi connectivity index (χ3v) is 8.39. The average Bonchev–Trinajstić information content (AvgIpc) is 2.80. The van der Waals surface area contributed by atoms with Crippen molar-refractivity contribution in [3.8, 4) is 0 Å². The molecule has 2 aliphatic rings. The Morgan fingerprint density at radius 2 is 2.00 bits per heavy atom. The van der Waals surface area contributed by atoms with Crippen LogP contribution in [0, 0.1) is 11.7 Å². The van der Waals surface area contributed by atoms with Gasteiger partial charge in [-0.25, -0.2) is 0 Å². The molecule has 0 aromatic heterocycles. The van der Waals surface area contributed by atoms with Gasteiger partial charge >= 0.3 is 165 Å². The Bertz CT molecular complexity index is 674. The van der Waals surface area contributed by atoms with E-state index in [1.165, 1.54) is 6.07 Å². The number of ether oxygens (including phenoxy) is 1. The summed E-state index contributed by atoms with van der Waals surface area (Å²) in [5.41, 5.74) is -0.0133. The molecule has 3 unspecified atom stereocenters. The molecule has 0 aliphatic carbocycles. The second-order valence-corrected chi connectivity index (χ2v) is 11.3. The van der Waals surface area contributed by atoms with Crippen molar-refractivity contribution < 1.29 is 39.9 Å². The summed E-state index contributed by atoms with van der Waals surface area (Å²) in [6, 6.07) is 6.68. The molecule has 0 saturated carbocycles. The van der Waals surface area contributed by atoms with E-state index in [9.17, 15) is 14.0 Å². The normalized spacial score (nSPS) is 25.5. The van der Waals surface area contributed by atoms with Crippen molar-refractivity contribution >= 4 is 11.9 Å². The van der Waals surface area contributed by atoms with Crippen molar-refractivity contribution in [2.24, 2.45) is 5.92 Å². The molecule has 0 radical (unpaired) electrons. The van der Waals surface area contributed by atoms with Gasteiger partial charge < -0.3 is 0 Å². The van der Waals surface area contributed by atoms with Gasteiger partial charge in [0, 0.05) is 0 Å². The minimum atomic E-state index is -0.485. The van der Waals surface area contributed by atoms with Gasteiger partial charge in [0.1, 0.15) is 0 Å². The van der Waals surface area contributed by atoms with Crippen LogP contribution in [0.2, 0.25) is 0 Å². The van der Waals surface area contributed by atoms with Crippen LogP contribution in [0.15, 0.2) is 24.3 Å². The maximum absolute atomic E-state index is 13.7. The van der Waals surface area contributed by atoms with Crippen LogP contribution in [0.25, 0.3) is 0 Å². The predicted molar refractivity (Wildman–Crippen MR) is 93.0 cm³/mol. The van der Waals surface area contributed by atoms with Gasteiger partial charge in [-0.3, -0.25) is 0 Å². The molecule has 0 spiro atoms. The zero-order valence-electron chi connectivity index (χ0n) is 15.5. The SMILES string of the molecule is CC(C)(C)OC(=O)N1C2C[I-]C1CC(CC(=O)Cc1ccccc1F)C2. The first-order valence-corrected chi connectivity index (χ1v) is 11.8. The van der Waals surface area contributed by atoms with E-state index in [2.05, 4.69) is 0 Å². The van der Waals surface area contributed by atoms with Gasteiger partial charge in [-0.05, 0) is 0 Å². The van der Waals surface area contributed by atoms with E-state index >= 15 is 0 Å². The molecular weight excluding hydrogens is 448 g/mol. The van der Waals surface area contributed by atoms with E-state index in [1.54, 1.807) is 18.2 Å². The molecule has 6 heteroatoms. The average molecular weight is 474 g/mol. The molecule has 1 amide bonds. The first kappa shape index (κ1) is 19.6. The van der Waals surface area contributed by atoms with Gasteiger partial charge in [-0.2, -0.15) is 0 Å². The molecule has 1 aromatic rings. The van der Waals surface area contributed by atoms with Crippen LogP contribution in [0.1, 0.15) is 45.6 Å². The number of rotatable bonds is 4. The van der Waals surface area contributed by atoms with E-state index in [4.69, 9.17) is 4.74 Å². The molecule has 2 aliphatic heterocycles. The summed E-state index contributed by atoms with van der Waals surface area (Å²) >= 11 is -0.0718. The number of fused-ring (bicyclic) bond motifs is 2. The fourth-order valence-electron chi connectivity index (χ4n) is 3.69. The number of carbonyl (C=O) groups is 2. The van der Waals surface area contributed by atoms with Crippen LogP contribution >= 0.6 is 0 Å². The van der Waals surface area contributed by atoms with Gasteiger partial charge in [0.25, 0.3) is 0 Å². The van der Waals surface area contributed by atoms with E-state index in [0.29, 0.717) is 17.9 Å². The van der Waals surface area contributed by atoms with Crippen molar-refractivity contribution in [2.75, 3.05) is 4.43 Å². The number of hydrogen-bond donors (Lipinski definition) is 0. The fourth-order valence-corrected chi connectivity index (χ4v) is 7.83. The molecule has 2 fully saturated rings. The number of Topliss-reactive ketones (excluding diaryl/α,β-unsaturated/α-hetero) is 1. The molecule has 0 N–H and O–H groups in total. The molecule has 144 valence electrons. The Morgan fingerprint density at radius 3 is 2.65 bits per heavy atom. The van der Waals surface area contributed by atoms with E-state index in [1.807, 2.05) is 25.7 Å². The second-order valence-electron chi connectivity index (χ2n) is 8.13. The number of carbonyl (C=O) groups excluding carboxylic acids is 2. The molecule has 2 heterocycles. The number of halogens is 2. The quantitative estimate of drug-likeness (QED) is 0.368. The predicted octanol–water partition coefficient (Wildman–Crippen LogP) is 0.772. The standard InChI is InChI=1S/C20H26FINO3/c1-20(2,3)26-19(25)23-15-8-13(10-18(23)22-12-15)9-16(24)11-14-6-4-5-7-17(14)21/h4-7,13,15,18H,8-12H2,1-3H3/q-1. The molecular formula is C20H26FINO3-. The van der Waals surface area contributed by atoms with Crippen molar-refractivity contribution in [3.05, 3.63) is 35.6 Å². The summed E-state index contributed by atoms with van der Waals surface area (Å²) < 4.78 is 20.7. The number of ketones is 1. The van der Waals surface area contributed by atoms with Crippen molar-refractivity contribution in [3.63, 3.8) is 0 Å². The number of amides is 1. The van der Waals surface area contributed by atoms with E-state index in [-0.39, 0.29) is 55.4 Å². The number of alkyl halides is 2. The monoisotopic (exact) mass is 474 g/mol. The molecule has 3 atom stereocenters. The number of piperidine rings is 1. The summed E-state index contributed by atoms with van der Waals surface area (Å²) in [4.78, 5) is 26.8. The second kappa shape index (κ2) is 7.82. The third kappa shape index (κ3) is 4.75. The van der Waals surface area contributed by atoms with Crippen molar-refractivity contribution in [1.29, 1.82) is 0 Å². The number of nitrogens with zero attached hydrogens (tertiary/aromatic N) is 1. The molecule has 4 nitrogen and oxygen atoms in total. The summed E-state index contributed by atoms with van der Waals surface area (Å²) in [6.07, 6.45) is 2.17.